The molecule has 1 unspecified atom stereocenters. The SMILES string of the molecule is Cc1cc(OC2CCN(C)C2=O)ccc1NC(=O)c1ccc(O)cn1. The number of likely N-dealkylation sites (tertiary alicyclic amines) is 1. The van der Waals surface area contributed by atoms with Gasteiger partial charge in [-0.3, -0.25) is 9.59 Å². The highest BCUT2D eigenvalue weighted by Gasteiger charge is 2.30. The zero-order valence-electron chi connectivity index (χ0n) is 14.0. The van der Waals surface area contributed by atoms with E-state index < -0.39 is 6.10 Å². The van der Waals surface area contributed by atoms with Crippen LogP contribution in [0.3, 0.4) is 0 Å². The molecular formula is C18H19N3O4. The van der Waals surface area contributed by atoms with Crippen LogP contribution in [0.4, 0.5) is 5.69 Å². The summed E-state index contributed by atoms with van der Waals surface area (Å²) in [5.41, 5.74) is 1.64. The van der Waals surface area contributed by atoms with Crippen molar-refractivity contribution in [1.29, 1.82) is 0 Å². The Kier molecular flexibility index (Phi) is 4.56. The van der Waals surface area contributed by atoms with Crippen molar-refractivity contribution in [3.05, 3.63) is 47.8 Å². The summed E-state index contributed by atoms with van der Waals surface area (Å²) in [6.45, 7) is 2.53. The van der Waals surface area contributed by atoms with Gasteiger partial charge in [0.25, 0.3) is 11.8 Å². The van der Waals surface area contributed by atoms with E-state index in [0.29, 0.717) is 24.4 Å². The molecule has 1 atom stereocenters. The first kappa shape index (κ1) is 16.8. The third-order valence-electron chi connectivity index (χ3n) is 4.08. The fourth-order valence-corrected chi connectivity index (χ4v) is 2.62. The first-order valence-corrected chi connectivity index (χ1v) is 7.92. The van der Waals surface area contributed by atoms with Crippen molar-refractivity contribution in [2.45, 2.75) is 19.4 Å². The summed E-state index contributed by atoms with van der Waals surface area (Å²) in [6.07, 6.45) is 1.43. The molecule has 1 saturated heterocycles. The second-order valence-corrected chi connectivity index (χ2v) is 5.99. The zero-order valence-corrected chi connectivity index (χ0v) is 14.0. The third kappa shape index (κ3) is 3.71. The number of amides is 2. The van der Waals surface area contributed by atoms with Gasteiger partial charge in [-0.2, -0.15) is 0 Å². The van der Waals surface area contributed by atoms with Crippen LogP contribution in [0.1, 0.15) is 22.5 Å². The first-order valence-electron chi connectivity index (χ1n) is 7.92. The highest BCUT2D eigenvalue weighted by atomic mass is 16.5. The lowest BCUT2D eigenvalue weighted by molar-refractivity contribution is -0.132. The number of hydrogen-bond acceptors (Lipinski definition) is 5. The van der Waals surface area contributed by atoms with E-state index in [1.54, 1.807) is 30.1 Å². The number of carbonyl (C=O) groups excluding carboxylic acids is 2. The molecule has 1 aromatic carbocycles. The number of carbonyl (C=O) groups is 2. The standard InChI is InChI=1S/C18H19N3O4/c1-11-9-13(25-16-7-8-21(2)18(16)24)4-6-14(11)20-17(23)15-5-3-12(22)10-19-15/h3-6,9-10,16,22H,7-8H2,1-2H3,(H,20,23). The predicted molar refractivity (Wildman–Crippen MR) is 91.7 cm³/mol. The second-order valence-electron chi connectivity index (χ2n) is 5.99. The molecule has 0 spiro atoms. The molecule has 2 aromatic rings. The number of aromatic nitrogens is 1. The first-order chi connectivity index (χ1) is 11.9. The van der Waals surface area contributed by atoms with E-state index in [4.69, 9.17) is 4.74 Å². The Hall–Kier alpha value is -3.09. The Balaban J connectivity index is 1.68. The number of aromatic hydroxyl groups is 1. The van der Waals surface area contributed by atoms with Crippen LogP contribution in [0.25, 0.3) is 0 Å². The van der Waals surface area contributed by atoms with Gasteiger partial charge in [-0.05, 0) is 42.8 Å². The van der Waals surface area contributed by atoms with E-state index >= 15 is 0 Å². The van der Waals surface area contributed by atoms with Gasteiger partial charge in [-0.1, -0.05) is 0 Å². The molecule has 7 nitrogen and oxygen atoms in total. The number of hydrogen-bond donors (Lipinski definition) is 2. The fraction of sp³-hybridized carbons (Fsp3) is 0.278. The maximum atomic E-state index is 12.2. The number of rotatable bonds is 4. The van der Waals surface area contributed by atoms with Gasteiger partial charge >= 0.3 is 0 Å². The average molecular weight is 341 g/mol. The summed E-state index contributed by atoms with van der Waals surface area (Å²) in [7, 11) is 1.76. The second kappa shape index (κ2) is 6.80. The van der Waals surface area contributed by atoms with Gasteiger partial charge in [0.15, 0.2) is 6.10 Å². The molecule has 0 bridgehead atoms. The number of likely N-dealkylation sites (N-methyl/N-ethyl adjacent to an activating group) is 1. The van der Waals surface area contributed by atoms with Crippen LogP contribution in [0.15, 0.2) is 36.5 Å². The Bertz CT molecular complexity index is 804. The number of benzene rings is 1. The Morgan fingerprint density at radius 2 is 2.16 bits per heavy atom. The molecule has 1 aliphatic rings. The number of aryl methyl sites for hydroxylation is 1. The summed E-state index contributed by atoms with van der Waals surface area (Å²) in [5.74, 6) is 0.200. The number of nitrogens with one attached hydrogen (secondary N) is 1. The molecule has 1 aliphatic heterocycles. The third-order valence-corrected chi connectivity index (χ3v) is 4.08. The van der Waals surface area contributed by atoms with E-state index in [9.17, 15) is 14.7 Å². The van der Waals surface area contributed by atoms with E-state index in [2.05, 4.69) is 10.3 Å². The highest BCUT2D eigenvalue weighted by molar-refractivity contribution is 6.03. The lowest BCUT2D eigenvalue weighted by Gasteiger charge is -2.15. The highest BCUT2D eigenvalue weighted by Crippen LogP contribution is 2.25. The van der Waals surface area contributed by atoms with Crippen LogP contribution in [-0.2, 0) is 4.79 Å². The van der Waals surface area contributed by atoms with Crippen LogP contribution < -0.4 is 10.1 Å². The predicted octanol–water partition coefficient (Wildman–Crippen LogP) is 1.96. The maximum Gasteiger partial charge on any atom is 0.274 e. The van der Waals surface area contributed by atoms with Gasteiger partial charge in [-0.25, -0.2) is 4.98 Å². The lowest BCUT2D eigenvalue weighted by atomic mass is 10.2. The molecule has 0 aliphatic carbocycles. The number of ether oxygens (including phenoxy) is 1. The quantitative estimate of drug-likeness (QED) is 0.887. The molecule has 1 aromatic heterocycles. The van der Waals surface area contributed by atoms with Crippen molar-refractivity contribution in [3.8, 4) is 11.5 Å². The fourth-order valence-electron chi connectivity index (χ4n) is 2.62. The number of nitrogens with zero attached hydrogens (tertiary/aromatic N) is 2. The van der Waals surface area contributed by atoms with Gasteiger partial charge < -0.3 is 20.1 Å². The summed E-state index contributed by atoms with van der Waals surface area (Å²) in [4.78, 5) is 29.6. The number of pyridine rings is 1. The lowest BCUT2D eigenvalue weighted by Crippen LogP contribution is -2.29. The van der Waals surface area contributed by atoms with E-state index in [1.807, 2.05) is 6.92 Å². The Morgan fingerprint density at radius 3 is 2.76 bits per heavy atom. The van der Waals surface area contributed by atoms with E-state index in [1.165, 1.54) is 18.3 Å². The molecule has 2 N–H and O–H groups in total. The van der Waals surface area contributed by atoms with Crippen LogP contribution in [0.5, 0.6) is 11.5 Å². The molecule has 2 heterocycles. The summed E-state index contributed by atoms with van der Waals surface area (Å²) in [6, 6.07) is 8.08. The van der Waals surface area contributed by atoms with Crippen molar-refractivity contribution in [2.75, 3.05) is 18.9 Å². The van der Waals surface area contributed by atoms with Crippen molar-refractivity contribution in [2.24, 2.45) is 0 Å². The molecule has 0 radical (unpaired) electrons. The van der Waals surface area contributed by atoms with Crippen molar-refractivity contribution >= 4 is 17.5 Å². The van der Waals surface area contributed by atoms with Crippen LogP contribution in [0.2, 0.25) is 0 Å². The normalized spacial score (nSPS) is 16.8. The van der Waals surface area contributed by atoms with Gasteiger partial charge in [0.05, 0.1) is 6.20 Å². The van der Waals surface area contributed by atoms with Crippen molar-refractivity contribution in [1.82, 2.24) is 9.88 Å². The average Bonchev–Trinajstić information content (AvgIpc) is 2.90. The molecular weight excluding hydrogens is 322 g/mol. The Labute approximate surface area is 145 Å². The molecule has 0 saturated carbocycles. The van der Waals surface area contributed by atoms with Crippen LogP contribution in [-0.4, -0.2) is 46.5 Å². The topological polar surface area (TPSA) is 91.8 Å². The number of anilines is 1. The molecule has 130 valence electrons. The molecule has 1 fully saturated rings. The molecule has 25 heavy (non-hydrogen) atoms. The van der Waals surface area contributed by atoms with Crippen molar-refractivity contribution < 1.29 is 19.4 Å². The van der Waals surface area contributed by atoms with Crippen LogP contribution >= 0.6 is 0 Å². The molecule has 3 rings (SSSR count). The molecule has 2 amide bonds. The van der Waals surface area contributed by atoms with Gasteiger partial charge in [-0.15, -0.1) is 0 Å². The maximum absolute atomic E-state index is 12.2. The van der Waals surface area contributed by atoms with Gasteiger partial charge in [0, 0.05) is 25.7 Å². The largest absolute Gasteiger partial charge is 0.506 e. The monoisotopic (exact) mass is 341 g/mol. The zero-order chi connectivity index (χ0) is 18.0. The minimum atomic E-state index is -0.453. The summed E-state index contributed by atoms with van der Waals surface area (Å²) >= 11 is 0. The van der Waals surface area contributed by atoms with Gasteiger partial charge in [0.2, 0.25) is 0 Å². The Morgan fingerprint density at radius 1 is 1.36 bits per heavy atom. The summed E-state index contributed by atoms with van der Waals surface area (Å²) in [5, 5.41) is 12.0. The minimum absolute atomic E-state index is 0.00124. The van der Waals surface area contributed by atoms with Crippen LogP contribution in [0, 0.1) is 6.92 Å². The van der Waals surface area contributed by atoms with E-state index in [0.717, 1.165) is 5.56 Å². The minimum Gasteiger partial charge on any atom is -0.506 e. The summed E-state index contributed by atoms with van der Waals surface area (Å²) < 4.78 is 5.75. The van der Waals surface area contributed by atoms with Crippen molar-refractivity contribution in [3.63, 3.8) is 0 Å². The van der Waals surface area contributed by atoms with E-state index in [-0.39, 0.29) is 23.3 Å². The van der Waals surface area contributed by atoms with Gasteiger partial charge in [0.1, 0.15) is 17.2 Å². The molecule has 7 heteroatoms. The smallest absolute Gasteiger partial charge is 0.274 e.